The summed E-state index contributed by atoms with van der Waals surface area (Å²) < 4.78 is 12.7. The van der Waals surface area contributed by atoms with E-state index >= 15 is 0 Å². The van der Waals surface area contributed by atoms with E-state index in [1.807, 2.05) is 6.92 Å². The van der Waals surface area contributed by atoms with E-state index in [0.717, 1.165) is 0 Å². The number of aromatic nitrogens is 4. The van der Waals surface area contributed by atoms with Crippen LogP contribution in [0.1, 0.15) is 13.2 Å². The van der Waals surface area contributed by atoms with E-state index in [4.69, 9.17) is 26.0 Å². The van der Waals surface area contributed by atoms with Gasteiger partial charge in [-0.25, -0.2) is 4.98 Å². The molecule has 1 saturated heterocycles. The number of aliphatic hydroxyl groups is 1. The second kappa shape index (κ2) is 4.30. The Kier molecular flexibility index (Phi) is 2.73. The smallest absolute Gasteiger partial charge is 0.224 e. The lowest BCUT2D eigenvalue weighted by Crippen LogP contribution is -2.18. The largest absolute Gasteiger partial charge is 0.391 e. The summed E-state index contributed by atoms with van der Waals surface area (Å²) >= 11 is 0. The summed E-state index contributed by atoms with van der Waals surface area (Å²) in [6, 6.07) is 0. The van der Waals surface area contributed by atoms with Gasteiger partial charge in [-0.2, -0.15) is 9.97 Å². The summed E-state index contributed by atoms with van der Waals surface area (Å²) in [6.07, 6.45) is 0.177. The Balaban J connectivity index is 2.06. The van der Waals surface area contributed by atoms with Crippen molar-refractivity contribution < 1.29 is 14.6 Å². The average molecular weight is 266 g/mol. The number of imidazole rings is 1. The van der Waals surface area contributed by atoms with Crippen molar-refractivity contribution in [1.82, 2.24) is 19.5 Å². The molecule has 9 nitrogen and oxygen atoms in total. The SMILES string of the molecule is C[C@H]1O[C@@H](CO)O[C@@H]1n1cnc2c(N)nc(N)nc21. The molecule has 2 aromatic heterocycles. The predicted molar refractivity (Wildman–Crippen MR) is 65.7 cm³/mol. The maximum absolute atomic E-state index is 9.06. The molecule has 9 heteroatoms. The van der Waals surface area contributed by atoms with Crippen molar-refractivity contribution in [2.45, 2.75) is 25.5 Å². The highest BCUT2D eigenvalue weighted by Gasteiger charge is 2.35. The van der Waals surface area contributed by atoms with Crippen molar-refractivity contribution in [3.05, 3.63) is 6.33 Å². The number of ether oxygens (including phenoxy) is 2. The lowest BCUT2D eigenvalue weighted by atomic mass is 10.3. The minimum atomic E-state index is -0.658. The molecule has 5 N–H and O–H groups in total. The normalized spacial score (nSPS) is 27.2. The van der Waals surface area contributed by atoms with Crippen LogP contribution in [0.25, 0.3) is 11.2 Å². The van der Waals surface area contributed by atoms with Crippen molar-refractivity contribution in [3.63, 3.8) is 0 Å². The number of rotatable bonds is 2. The standard InChI is InChI=1S/C10H14N6O3/c1-4-9(19-5(2-17)18-4)16-3-13-6-7(11)14-10(12)15-8(6)16/h3-5,9,17H,2H2,1H3,(H4,11,12,14,15)/t4-,5-,9+/m1/s1. The number of hydrogen-bond donors (Lipinski definition) is 3. The van der Waals surface area contributed by atoms with Gasteiger partial charge in [0.25, 0.3) is 0 Å². The van der Waals surface area contributed by atoms with E-state index in [0.29, 0.717) is 11.2 Å². The van der Waals surface area contributed by atoms with Crippen molar-refractivity contribution >= 4 is 22.9 Å². The third-order valence-corrected chi connectivity index (χ3v) is 2.95. The molecule has 0 radical (unpaired) electrons. The Bertz CT molecular complexity index is 615. The van der Waals surface area contributed by atoms with E-state index in [1.54, 1.807) is 10.9 Å². The van der Waals surface area contributed by atoms with Crippen molar-refractivity contribution in [1.29, 1.82) is 0 Å². The van der Waals surface area contributed by atoms with E-state index in [2.05, 4.69) is 15.0 Å². The highest BCUT2D eigenvalue weighted by molar-refractivity contribution is 5.82. The molecule has 0 bridgehead atoms. The molecule has 3 rings (SSSR count). The third kappa shape index (κ3) is 1.87. The van der Waals surface area contributed by atoms with Crippen LogP contribution in [0.15, 0.2) is 6.33 Å². The quantitative estimate of drug-likeness (QED) is 0.645. The summed E-state index contributed by atoms with van der Waals surface area (Å²) in [5.41, 5.74) is 12.3. The predicted octanol–water partition coefficient (Wildman–Crippen LogP) is -0.757. The first kappa shape index (κ1) is 12.1. The van der Waals surface area contributed by atoms with Crippen LogP contribution in [0, 0.1) is 0 Å². The van der Waals surface area contributed by atoms with Crippen molar-refractivity contribution in [2.24, 2.45) is 0 Å². The Hall–Kier alpha value is -1.97. The Morgan fingerprint density at radius 2 is 2.16 bits per heavy atom. The van der Waals surface area contributed by atoms with E-state index < -0.39 is 12.5 Å². The van der Waals surface area contributed by atoms with Gasteiger partial charge < -0.3 is 26.0 Å². The maximum atomic E-state index is 9.06. The summed E-state index contributed by atoms with van der Waals surface area (Å²) in [5, 5.41) is 9.06. The number of nitrogen functional groups attached to an aromatic ring is 2. The van der Waals surface area contributed by atoms with Gasteiger partial charge in [-0.15, -0.1) is 0 Å². The van der Waals surface area contributed by atoms with Crippen LogP contribution < -0.4 is 11.5 Å². The average Bonchev–Trinajstić information content (AvgIpc) is 2.92. The molecular weight excluding hydrogens is 252 g/mol. The fourth-order valence-corrected chi connectivity index (χ4v) is 2.12. The zero-order valence-electron chi connectivity index (χ0n) is 10.2. The van der Waals surface area contributed by atoms with Crippen LogP contribution in [0.3, 0.4) is 0 Å². The zero-order valence-corrected chi connectivity index (χ0v) is 10.2. The van der Waals surface area contributed by atoms with Crippen LogP contribution in [0.5, 0.6) is 0 Å². The van der Waals surface area contributed by atoms with Gasteiger partial charge in [-0.05, 0) is 6.92 Å². The second-order valence-corrected chi connectivity index (χ2v) is 4.27. The maximum Gasteiger partial charge on any atom is 0.224 e. The van der Waals surface area contributed by atoms with Gasteiger partial charge in [0.1, 0.15) is 11.6 Å². The van der Waals surface area contributed by atoms with Crippen LogP contribution in [0.2, 0.25) is 0 Å². The number of anilines is 2. The summed E-state index contributed by atoms with van der Waals surface area (Å²) in [5.74, 6) is 0.281. The molecule has 2 aromatic rings. The number of nitrogens with two attached hydrogens (primary N) is 2. The van der Waals surface area contributed by atoms with E-state index in [9.17, 15) is 0 Å². The number of fused-ring (bicyclic) bond motifs is 1. The van der Waals surface area contributed by atoms with Gasteiger partial charge in [0.05, 0.1) is 12.9 Å². The van der Waals surface area contributed by atoms with E-state index in [-0.39, 0.29) is 24.5 Å². The molecule has 0 unspecified atom stereocenters. The molecule has 1 aliphatic rings. The van der Waals surface area contributed by atoms with Gasteiger partial charge in [0, 0.05) is 0 Å². The number of hydrogen-bond acceptors (Lipinski definition) is 8. The molecule has 3 heterocycles. The molecule has 102 valence electrons. The van der Waals surface area contributed by atoms with Gasteiger partial charge in [0.2, 0.25) is 5.95 Å². The topological polar surface area (TPSA) is 134 Å². The first-order chi connectivity index (χ1) is 9.10. The second-order valence-electron chi connectivity index (χ2n) is 4.27. The molecule has 0 amide bonds. The minimum Gasteiger partial charge on any atom is -0.391 e. The lowest BCUT2D eigenvalue weighted by molar-refractivity contribution is -0.101. The third-order valence-electron chi connectivity index (χ3n) is 2.95. The minimum absolute atomic E-state index is 0.0667. The number of aliphatic hydroxyl groups excluding tert-OH is 1. The molecule has 0 aromatic carbocycles. The van der Waals surface area contributed by atoms with Gasteiger partial charge in [-0.1, -0.05) is 0 Å². The molecule has 0 saturated carbocycles. The van der Waals surface area contributed by atoms with Crippen LogP contribution >= 0.6 is 0 Å². The molecule has 3 atom stereocenters. The van der Waals surface area contributed by atoms with E-state index in [1.165, 1.54) is 0 Å². The highest BCUT2D eigenvalue weighted by Crippen LogP contribution is 2.30. The zero-order chi connectivity index (χ0) is 13.6. The van der Waals surface area contributed by atoms with Crippen molar-refractivity contribution in [3.8, 4) is 0 Å². The van der Waals surface area contributed by atoms with Crippen molar-refractivity contribution in [2.75, 3.05) is 18.1 Å². The Labute approximate surface area is 108 Å². The van der Waals surface area contributed by atoms with Gasteiger partial charge in [0.15, 0.2) is 24.0 Å². The lowest BCUT2D eigenvalue weighted by Gasteiger charge is -2.14. The van der Waals surface area contributed by atoms with Crippen LogP contribution in [-0.2, 0) is 9.47 Å². The summed E-state index contributed by atoms with van der Waals surface area (Å²) in [6.45, 7) is 1.62. The molecule has 1 aliphatic heterocycles. The van der Waals surface area contributed by atoms with Gasteiger partial charge >= 0.3 is 0 Å². The Morgan fingerprint density at radius 1 is 1.37 bits per heavy atom. The summed E-state index contributed by atoms with van der Waals surface area (Å²) in [4.78, 5) is 12.1. The fourth-order valence-electron chi connectivity index (χ4n) is 2.12. The molecule has 0 spiro atoms. The Morgan fingerprint density at radius 3 is 2.84 bits per heavy atom. The summed E-state index contributed by atoms with van der Waals surface area (Å²) in [7, 11) is 0. The highest BCUT2D eigenvalue weighted by atomic mass is 16.7. The first-order valence-electron chi connectivity index (χ1n) is 5.77. The number of nitrogens with zero attached hydrogens (tertiary/aromatic N) is 4. The molecule has 0 aliphatic carbocycles. The van der Waals surface area contributed by atoms with Gasteiger partial charge in [-0.3, -0.25) is 4.57 Å². The molecular formula is C10H14N6O3. The molecule has 1 fully saturated rings. The van der Waals surface area contributed by atoms with Crippen LogP contribution in [-0.4, -0.2) is 43.6 Å². The monoisotopic (exact) mass is 266 g/mol. The first-order valence-corrected chi connectivity index (χ1v) is 5.77. The fraction of sp³-hybridized carbons (Fsp3) is 0.500. The molecule has 19 heavy (non-hydrogen) atoms. The van der Waals surface area contributed by atoms with Crippen LogP contribution in [0.4, 0.5) is 11.8 Å².